The second-order valence-electron chi connectivity index (χ2n) is 2.68. The summed E-state index contributed by atoms with van der Waals surface area (Å²) in [6.07, 6.45) is 7.14. The van der Waals surface area contributed by atoms with Crippen LogP contribution in [0, 0.1) is 0 Å². The van der Waals surface area contributed by atoms with Gasteiger partial charge in [0, 0.05) is 0 Å². The molecule has 3 heteroatoms. The maximum atomic E-state index is 5.43. The first kappa shape index (κ1) is 6.55. The van der Waals surface area contributed by atoms with Gasteiger partial charge >= 0.3 is 0 Å². The summed E-state index contributed by atoms with van der Waals surface area (Å²) < 4.78 is 8.72. The zero-order valence-corrected chi connectivity index (χ0v) is 6.78. The molecule has 2 bridgehead atoms. The average molecular weight is 157 g/mol. The van der Waals surface area contributed by atoms with Gasteiger partial charge in [-0.25, -0.2) is 0 Å². The van der Waals surface area contributed by atoms with Crippen LogP contribution in [-0.4, -0.2) is 18.4 Å². The fraction of sp³-hybridized carbons (Fsp3) is 0.714. The van der Waals surface area contributed by atoms with Crippen LogP contribution in [0.3, 0.4) is 0 Å². The summed E-state index contributed by atoms with van der Waals surface area (Å²) in [7, 11) is 0. The van der Waals surface area contributed by atoms with Gasteiger partial charge in [0.2, 0.25) is 0 Å². The number of hydrogen-bond donors (Lipinski definition) is 1. The molecule has 10 heavy (non-hydrogen) atoms. The summed E-state index contributed by atoms with van der Waals surface area (Å²) in [5, 5.41) is 0. The van der Waals surface area contributed by atoms with Crippen molar-refractivity contribution in [3.05, 3.63) is 11.8 Å². The summed E-state index contributed by atoms with van der Waals surface area (Å²) in [5.74, 6) is 1.16. The molecule has 1 saturated heterocycles. The lowest BCUT2D eigenvalue weighted by Crippen LogP contribution is -2.40. The zero-order valence-electron chi connectivity index (χ0n) is 5.96. The number of fused-ring (bicyclic) bond motifs is 2. The number of rotatable bonds is 2. The number of nitrogens with one attached hydrogen (secondary N) is 1. The zero-order chi connectivity index (χ0) is 6.97. The Kier molecular flexibility index (Phi) is 1.62. The topological polar surface area (TPSA) is 21.3 Å². The van der Waals surface area contributed by atoms with Crippen molar-refractivity contribution < 1.29 is 4.74 Å². The van der Waals surface area contributed by atoms with Crippen LogP contribution >= 0.6 is 11.9 Å². The Morgan fingerprint density at radius 1 is 1.70 bits per heavy atom. The maximum Gasteiger partial charge on any atom is 0.120 e. The molecule has 1 aliphatic carbocycles. The van der Waals surface area contributed by atoms with Gasteiger partial charge in [0.25, 0.3) is 0 Å². The van der Waals surface area contributed by atoms with Crippen LogP contribution in [0.5, 0.6) is 0 Å². The van der Waals surface area contributed by atoms with E-state index in [1.54, 1.807) is 11.9 Å². The molecule has 2 heterocycles. The molecule has 3 aliphatic rings. The molecule has 2 aliphatic heterocycles. The van der Waals surface area contributed by atoms with E-state index in [1.165, 1.54) is 12.8 Å². The molecule has 1 N–H and O–H groups in total. The molecule has 0 spiro atoms. The smallest absolute Gasteiger partial charge is 0.120 e. The Morgan fingerprint density at radius 3 is 3.00 bits per heavy atom. The minimum Gasteiger partial charge on any atom is -0.489 e. The van der Waals surface area contributed by atoms with Crippen LogP contribution in [0.15, 0.2) is 11.8 Å². The van der Waals surface area contributed by atoms with Gasteiger partial charge in [-0.05, 0) is 25.2 Å². The van der Waals surface area contributed by atoms with Crippen LogP contribution in [0.25, 0.3) is 0 Å². The molecule has 0 radical (unpaired) electrons. The lowest BCUT2D eigenvalue weighted by Gasteiger charge is -2.38. The fourth-order valence-electron chi connectivity index (χ4n) is 1.43. The van der Waals surface area contributed by atoms with Crippen LogP contribution in [-0.2, 0) is 4.74 Å². The molecule has 1 fully saturated rings. The molecule has 0 amide bonds. The van der Waals surface area contributed by atoms with Gasteiger partial charge in [0.05, 0.1) is 6.04 Å². The first-order valence-electron chi connectivity index (χ1n) is 3.57. The average Bonchev–Trinajstić information content (AvgIpc) is 1.87. The summed E-state index contributed by atoms with van der Waals surface area (Å²) in [6, 6.07) is 0.486. The van der Waals surface area contributed by atoms with Crippen molar-refractivity contribution in [3.63, 3.8) is 0 Å². The highest BCUT2D eigenvalue weighted by Gasteiger charge is 2.33. The Labute approximate surface area is 65.1 Å². The molecule has 0 saturated carbocycles. The van der Waals surface area contributed by atoms with E-state index in [-0.39, 0.29) is 0 Å². The van der Waals surface area contributed by atoms with Crippen molar-refractivity contribution in [1.29, 1.82) is 0 Å². The van der Waals surface area contributed by atoms with Crippen molar-refractivity contribution in [1.82, 2.24) is 4.72 Å². The Bertz CT molecular complexity index is 169. The van der Waals surface area contributed by atoms with Crippen molar-refractivity contribution in [3.8, 4) is 0 Å². The van der Waals surface area contributed by atoms with Gasteiger partial charge in [-0.2, -0.15) is 0 Å². The van der Waals surface area contributed by atoms with Crippen molar-refractivity contribution in [2.75, 3.05) is 6.26 Å². The summed E-state index contributed by atoms with van der Waals surface area (Å²) >= 11 is 1.67. The van der Waals surface area contributed by atoms with E-state index < -0.39 is 0 Å². The second kappa shape index (κ2) is 2.47. The third-order valence-electron chi connectivity index (χ3n) is 1.98. The Hall–Kier alpha value is -0.150. The molecule has 3 rings (SSSR count). The molecule has 56 valence electrons. The van der Waals surface area contributed by atoms with Crippen LogP contribution < -0.4 is 4.72 Å². The van der Waals surface area contributed by atoms with E-state index in [4.69, 9.17) is 4.74 Å². The minimum absolute atomic E-state index is 0.454. The van der Waals surface area contributed by atoms with Crippen molar-refractivity contribution >= 4 is 11.9 Å². The minimum atomic E-state index is 0.454. The maximum absolute atomic E-state index is 5.43. The van der Waals surface area contributed by atoms with Gasteiger partial charge in [-0.3, -0.25) is 4.72 Å². The molecule has 2 nitrogen and oxygen atoms in total. The number of ether oxygens (including phenoxy) is 1. The van der Waals surface area contributed by atoms with Gasteiger partial charge in [-0.15, -0.1) is 0 Å². The van der Waals surface area contributed by atoms with E-state index in [9.17, 15) is 0 Å². The largest absolute Gasteiger partial charge is 0.489 e. The predicted molar refractivity (Wildman–Crippen MR) is 42.6 cm³/mol. The van der Waals surface area contributed by atoms with E-state index in [0.29, 0.717) is 12.1 Å². The highest BCUT2D eigenvalue weighted by Crippen LogP contribution is 2.32. The lowest BCUT2D eigenvalue weighted by molar-refractivity contribution is 0.0456. The highest BCUT2D eigenvalue weighted by molar-refractivity contribution is 7.96. The normalized spacial score (nSPS) is 35.9. The van der Waals surface area contributed by atoms with E-state index in [1.807, 2.05) is 6.26 Å². The Balaban J connectivity index is 1.97. The molecular formula is C7H11NOS. The van der Waals surface area contributed by atoms with E-state index in [2.05, 4.69) is 10.8 Å². The summed E-state index contributed by atoms with van der Waals surface area (Å²) in [6.45, 7) is 0. The first-order chi connectivity index (χ1) is 4.90. The van der Waals surface area contributed by atoms with E-state index in [0.717, 1.165) is 5.76 Å². The third kappa shape index (κ3) is 0.935. The number of hydrogen-bond acceptors (Lipinski definition) is 3. The fourth-order valence-corrected chi connectivity index (χ4v) is 1.95. The SMILES string of the molecule is CSNC1CCC2C=C1O2. The molecule has 0 aromatic rings. The van der Waals surface area contributed by atoms with Crippen molar-refractivity contribution in [2.24, 2.45) is 0 Å². The quantitative estimate of drug-likeness (QED) is 0.610. The van der Waals surface area contributed by atoms with Gasteiger partial charge in [-0.1, -0.05) is 11.9 Å². The van der Waals surface area contributed by atoms with Crippen LogP contribution in [0.4, 0.5) is 0 Å². The van der Waals surface area contributed by atoms with Crippen LogP contribution in [0.2, 0.25) is 0 Å². The summed E-state index contributed by atoms with van der Waals surface area (Å²) in [4.78, 5) is 0. The van der Waals surface area contributed by atoms with Gasteiger partial charge in [0.1, 0.15) is 11.9 Å². The molecule has 2 unspecified atom stereocenters. The Morgan fingerprint density at radius 2 is 2.50 bits per heavy atom. The third-order valence-corrected chi connectivity index (χ3v) is 2.50. The van der Waals surface area contributed by atoms with Gasteiger partial charge in [0.15, 0.2) is 0 Å². The van der Waals surface area contributed by atoms with E-state index >= 15 is 0 Å². The van der Waals surface area contributed by atoms with Crippen molar-refractivity contribution in [2.45, 2.75) is 25.0 Å². The molecule has 0 aromatic carbocycles. The summed E-state index contributed by atoms with van der Waals surface area (Å²) in [5.41, 5.74) is 0. The first-order valence-corrected chi connectivity index (χ1v) is 4.79. The molecule has 0 aromatic heterocycles. The standard InChI is InChI=1S/C7H11NOS/c1-10-8-6-3-2-5-4-7(6)9-5/h4-6,8H,2-3H2,1H3. The predicted octanol–water partition coefficient (Wildman–Crippen LogP) is 1.30. The molecular weight excluding hydrogens is 146 g/mol. The lowest BCUT2D eigenvalue weighted by atomic mass is 9.94. The van der Waals surface area contributed by atoms with Crippen LogP contribution in [0.1, 0.15) is 12.8 Å². The monoisotopic (exact) mass is 157 g/mol. The highest BCUT2D eigenvalue weighted by atomic mass is 32.2. The van der Waals surface area contributed by atoms with Gasteiger partial charge < -0.3 is 4.74 Å². The second-order valence-corrected chi connectivity index (χ2v) is 3.32. The molecule has 2 atom stereocenters.